The molecule has 0 aliphatic carbocycles. The monoisotopic (exact) mass is 274 g/mol. The summed E-state index contributed by atoms with van der Waals surface area (Å²) in [7, 11) is 0. The maximum Gasteiger partial charge on any atom is 0.406 e. The van der Waals surface area contributed by atoms with Gasteiger partial charge in [-0.2, -0.15) is 13.2 Å². The fourth-order valence-corrected chi connectivity index (χ4v) is 1.73. The Morgan fingerprint density at radius 1 is 1.26 bits per heavy atom. The summed E-state index contributed by atoms with van der Waals surface area (Å²) in [6.45, 7) is 2.76. The van der Waals surface area contributed by atoms with Crippen molar-refractivity contribution in [2.45, 2.75) is 20.0 Å². The fourth-order valence-electron chi connectivity index (χ4n) is 1.73. The average Bonchev–Trinajstić information content (AvgIpc) is 2.35. The molecule has 0 aliphatic heterocycles. The summed E-state index contributed by atoms with van der Waals surface area (Å²) in [5.74, 6) is -0.614. The van der Waals surface area contributed by atoms with Crippen LogP contribution in [0.3, 0.4) is 0 Å². The minimum atomic E-state index is -4.39. The smallest absolute Gasteiger partial charge is 0.385 e. The molecule has 106 valence electrons. The molecule has 0 fully saturated rings. The van der Waals surface area contributed by atoms with Gasteiger partial charge in [0.25, 0.3) is 5.91 Å². The van der Waals surface area contributed by atoms with Crippen molar-refractivity contribution < 1.29 is 18.0 Å². The number of rotatable bonds is 5. The Bertz CT molecular complexity index is 432. The lowest BCUT2D eigenvalue weighted by Crippen LogP contribution is -2.39. The molecule has 0 spiro atoms. The number of benzene rings is 1. The largest absolute Gasteiger partial charge is 0.406 e. The summed E-state index contributed by atoms with van der Waals surface area (Å²) in [6.07, 6.45) is -4.39. The zero-order valence-electron chi connectivity index (χ0n) is 10.9. The molecular weight excluding hydrogens is 257 g/mol. The maximum absolute atomic E-state index is 12.4. The second kappa shape index (κ2) is 6.45. The number of amides is 1. The first-order chi connectivity index (χ1) is 8.89. The predicted molar refractivity (Wildman–Crippen MR) is 68.2 cm³/mol. The number of hydrogen-bond donors (Lipinski definition) is 1. The van der Waals surface area contributed by atoms with Gasteiger partial charge in [0.15, 0.2) is 0 Å². The van der Waals surface area contributed by atoms with E-state index in [4.69, 9.17) is 0 Å². The molecule has 0 radical (unpaired) electrons. The Hall–Kier alpha value is -1.72. The number of carbonyl (C=O) groups excluding carboxylic acids is 1. The molecule has 1 aromatic carbocycles. The predicted octanol–water partition coefficient (Wildman–Crippen LogP) is 3.14. The molecule has 0 unspecified atom stereocenters. The molecule has 0 saturated heterocycles. The third-order valence-corrected chi connectivity index (χ3v) is 2.56. The Kier molecular flexibility index (Phi) is 5.20. The van der Waals surface area contributed by atoms with Crippen molar-refractivity contribution in [3.8, 4) is 0 Å². The van der Waals surface area contributed by atoms with E-state index in [9.17, 15) is 18.0 Å². The maximum atomic E-state index is 12.4. The van der Waals surface area contributed by atoms with Crippen LogP contribution in [0.15, 0.2) is 24.3 Å². The van der Waals surface area contributed by atoms with Crippen LogP contribution in [0, 0.1) is 0 Å². The number of para-hydroxylation sites is 1. The first-order valence-corrected chi connectivity index (χ1v) is 6.08. The molecule has 0 atom stereocenters. The van der Waals surface area contributed by atoms with Crippen LogP contribution in [0.1, 0.15) is 24.2 Å². The molecule has 1 N–H and O–H groups in total. The van der Waals surface area contributed by atoms with E-state index >= 15 is 0 Å². The lowest BCUT2D eigenvalue weighted by Gasteiger charge is -2.23. The molecule has 0 aromatic heterocycles. The van der Waals surface area contributed by atoms with Crippen molar-refractivity contribution in [1.29, 1.82) is 0 Å². The zero-order valence-corrected chi connectivity index (χ0v) is 10.9. The third-order valence-electron chi connectivity index (χ3n) is 2.56. The van der Waals surface area contributed by atoms with Crippen molar-refractivity contribution in [2.75, 3.05) is 25.0 Å². The summed E-state index contributed by atoms with van der Waals surface area (Å²) in [4.78, 5) is 12.9. The van der Waals surface area contributed by atoms with Crippen molar-refractivity contribution in [3.05, 3.63) is 29.8 Å². The lowest BCUT2D eigenvalue weighted by molar-refractivity contribution is -0.140. The SMILES string of the molecule is CCNc1ccccc1C(=O)N(CC)CC(F)(F)F. The minimum Gasteiger partial charge on any atom is -0.385 e. The highest BCUT2D eigenvalue weighted by Gasteiger charge is 2.33. The van der Waals surface area contributed by atoms with Crippen LogP contribution in [-0.2, 0) is 0 Å². The van der Waals surface area contributed by atoms with E-state index in [0.29, 0.717) is 12.2 Å². The van der Waals surface area contributed by atoms with Gasteiger partial charge in [-0.25, -0.2) is 0 Å². The zero-order chi connectivity index (χ0) is 14.5. The highest BCUT2D eigenvalue weighted by atomic mass is 19.4. The Morgan fingerprint density at radius 3 is 2.42 bits per heavy atom. The van der Waals surface area contributed by atoms with Crippen LogP contribution in [0.5, 0.6) is 0 Å². The van der Waals surface area contributed by atoms with E-state index in [2.05, 4.69) is 5.32 Å². The molecule has 0 heterocycles. The van der Waals surface area contributed by atoms with Gasteiger partial charge in [0, 0.05) is 18.8 Å². The van der Waals surface area contributed by atoms with Crippen LogP contribution < -0.4 is 5.32 Å². The van der Waals surface area contributed by atoms with Crippen molar-refractivity contribution in [2.24, 2.45) is 0 Å². The first kappa shape index (κ1) is 15.3. The summed E-state index contributed by atoms with van der Waals surface area (Å²) >= 11 is 0. The van der Waals surface area contributed by atoms with Gasteiger partial charge in [-0.1, -0.05) is 12.1 Å². The van der Waals surface area contributed by atoms with Crippen LogP contribution in [0.2, 0.25) is 0 Å². The van der Waals surface area contributed by atoms with Crippen LogP contribution in [-0.4, -0.2) is 36.6 Å². The van der Waals surface area contributed by atoms with E-state index in [-0.39, 0.29) is 12.1 Å². The molecule has 6 heteroatoms. The summed E-state index contributed by atoms with van der Waals surface area (Å²) < 4.78 is 37.2. The molecule has 0 aliphatic rings. The van der Waals surface area contributed by atoms with Gasteiger partial charge in [0.05, 0.1) is 5.56 Å². The molecule has 1 aromatic rings. The van der Waals surface area contributed by atoms with Gasteiger partial charge < -0.3 is 10.2 Å². The topological polar surface area (TPSA) is 32.3 Å². The van der Waals surface area contributed by atoms with Crippen LogP contribution >= 0.6 is 0 Å². The summed E-state index contributed by atoms with van der Waals surface area (Å²) in [6, 6.07) is 6.57. The number of halogens is 3. The molecule has 3 nitrogen and oxygen atoms in total. The Morgan fingerprint density at radius 2 is 1.89 bits per heavy atom. The van der Waals surface area contributed by atoms with E-state index in [1.54, 1.807) is 18.2 Å². The number of nitrogens with one attached hydrogen (secondary N) is 1. The van der Waals surface area contributed by atoms with E-state index in [1.165, 1.54) is 13.0 Å². The Balaban J connectivity index is 2.97. The molecular formula is C13H17F3N2O. The minimum absolute atomic E-state index is 0.0127. The summed E-state index contributed by atoms with van der Waals surface area (Å²) in [5, 5.41) is 2.97. The van der Waals surface area contributed by atoms with Gasteiger partial charge in [-0.05, 0) is 26.0 Å². The van der Waals surface area contributed by atoms with Crippen LogP contribution in [0.25, 0.3) is 0 Å². The average molecular weight is 274 g/mol. The third kappa shape index (κ3) is 4.46. The van der Waals surface area contributed by atoms with Crippen LogP contribution in [0.4, 0.5) is 18.9 Å². The molecule has 1 amide bonds. The van der Waals surface area contributed by atoms with Gasteiger partial charge in [-0.15, -0.1) is 0 Å². The van der Waals surface area contributed by atoms with E-state index in [1.807, 2.05) is 6.92 Å². The molecule has 0 saturated carbocycles. The van der Waals surface area contributed by atoms with Gasteiger partial charge in [0.2, 0.25) is 0 Å². The van der Waals surface area contributed by atoms with Crippen molar-refractivity contribution >= 4 is 11.6 Å². The molecule has 0 bridgehead atoms. The summed E-state index contributed by atoms with van der Waals surface area (Å²) in [5.41, 5.74) is 0.811. The van der Waals surface area contributed by atoms with Gasteiger partial charge in [0.1, 0.15) is 6.54 Å². The highest BCUT2D eigenvalue weighted by molar-refractivity contribution is 5.99. The number of nitrogens with zero attached hydrogens (tertiary/aromatic N) is 1. The quantitative estimate of drug-likeness (QED) is 0.894. The fraction of sp³-hybridized carbons (Fsp3) is 0.462. The number of anilines is 1. The van der Waals surface area contributed by atoms with Gasteiger partial charge in [-0.3, -0.25) is 4.79 Å². The standard InChI is InChI=1S/C13H17F3N2O/c1-3-17-11-8-6-5-7-10(11)12(19)18(4-2)9-13(14,15)16/h5-8,17H,3-4,9H2,1-2H3. The highest BCUT2D eigenvalue weighted by Crippen LogP contribution is 2.21. The number of carbonyl (C=O) groups is 1. The second-order valence-electron chi connectivity index (χ2n) is 4.01. The number of alkyl halides is 3. The van der Waals surface area contributed by atoms with Crippen molar-refractivity contribution in [1.82, 2.24) is 4.90 Å². The van der Waals surface area contributed by atoms with E-state index < -0.39 is 18.6 Å². The number of hydrogen-bond acceptors (Lipinski definition) is 2. The normalized spacial score (nSPS) is 11.2. The van der Waals surface area contributed by atoms with Crippen molar-refractivity contribution in [3.63, 3.8) is 0 Å². The Labute approximate surface area is 110 Å². The second-order valence-corrected chi connectivity index (χ2v) is 4.01. The molecule has 19 heavy (non-hydrogen) atoms. The lowest BCUT2D eigenvalue weighted by atomic mass is 10.1. The first-order valence-electron chi connectivity index (χ1n) is 6.08. The van der Waals surface area contributed by atoms with Gasteiger partial charge >= 0.3 is 6.18 Å². The molecule has 1 rings (SSSR count). The van der Waals surface area contributed by atoms with E-state index in [0.717, 1.165) is 4.90 Å².